The van der Waals surface area contributed by atoms with Gasteiger partial charge in [0.25, 0.3) is 0 Å². The molecular formula is C16H18O5S. The molecule has 0 N–H and O–H groups in total. The van der Waals surface area contributed by atoms with Crippen molar-refractivity contribution in [3.8, 4) is 5.75 Å². The number of fused-ring (bicyclic) bond motifs is 1. The first-order valence-electron chi connectivity index (χ1n) is 6.75. The van der Waals surface area contributed by atoms with Crippen LogP contribution in [0.4, 0.5) is 0 Å². The van der Waals surface area contributed by atoms with E-state index in [4.69, 9.17) is 14.2 Å². The molecular weight excluding hydrogens is 304 g/mol. The largest absolute Gasteiger partial charge is 0.482 e. The lowest BCUT2D eigenvalue weighted by molar-refractivity contribution is -0.157. The molecule has 1 aromatic carbocycles. The number of esters is 2. The molecule has 0 saturated carbocycles. The Morgan fingerprint density at radius 1 is 1.18 bits per heavy atom. The van der Waals surface area contributed by atoms with Crippen molar-refractivity contribution in [2.45, 2.75) is 26.4 Å². The van der Waals surface area contributed by atoms with Crippen LogP contribution in [0.15, 0.2) is 24.3 Å². The third-order valence-electron chi connectivity index (χ3n) is 2.65. The molecule has 0 unspecified atom stereocenters. The number of hydrogen-bond acceptors (Lipinski definition) is 6. The molecule has 6 heteroatoms. The Morgan fingerprint density at radius 3 is 2.55 bits per heavy atom. The molecule has 0 atom stereocenters. The quantitative estimate of drug-likeness (QED) is 0.807. The normalized spacial score (nSPS) is 11.3. The van der Waals surface area contributed by atoms with Crippen LogP contribution in [0, 0.1) is 0 Å². The zero-order chi connectivity index (χ0) is 16.3. The van der Waals surface area contributed by atoms with Gasteiger partial charge in [-0.25, -0.2) is 9.59 Å². The Hall–Kier alpha value is -2.08. The van der Waals surface area contributed by atoms with Gasteiger partial charge < -0.3 is 14.2 Å². The summed E-state index contributed by atoms with van der Waals surface area (Å²) in [6.07, 6.45) is 0. The van der Waals surface area contributed by atoms with E-state index >= 15 is 0 Å². The summed E-state index contributed by atoms with van der Waals surface area (Å²) in [5, 5.41) is 0.926. The minimum atomic E-state index is -0.534. The molecule has 0 aliphatic rings. The van der Waals surface area contributed by atoms with Gasteiger partial charge in [0.2, 0.25) is 0 Å². The monoisotopic (exact) mass is 322 g/mol. The van der Waals surface area contributed by atoms with E-state index in [1.54, 1.807) is 39.0 Å². The molecule has 2 rings (SSSR count). The molecule has 0 saturated heterocycles. The maximum Gasteiger partial charge on any atom is 0.348 e. The molecule has 0 spiro atoms. The molecule has 1 heterocycles. The van der Waals surface area contributed by atoms with Gasteiger partial charge in [-0.3, -0.25) is 0 Å². The van der Waals surface area contributed by atoms with Crippen LogP contribution in [0.5, 0.6) is 5.75 Å². The average molecular weight is 322 g/mol. The van der Waals surface area contributed by atoms with Crippen LogP contribution < -0.4 is 4.74 Å². The Kier molecular flexibility index (Phi) is 4.71. The van der Waals surface area contributed by atoms with Gasteiger partial charge in [-0.15, -0.1) is 11.3 Å². The van der Waals surface area contributed by atoms with Gasteiger partial charge in [0, 0.05) is 4.70 Å². The van der Waals surface area contributed by atoms with E-state index in [1.807, 2.05) is 6.07 Å². The van der Waals surface area contributed by atoms with Crippen molar-refractivity contribution in [1.82, 2.24) is 0 Å². The fourth-order valence-corrected chi connectivity index (χ4v) is 2.83. The predicted molar refractivity (Wildman–Crippen MR) is 84.5 cm³/mol. The average Bonchev–Trinajstić information content (AvgIpc) is 2.85. The van der Waals surface area contributed by atoms with Crippen LogP contribution >= 0.6 is 11.3 Å². The van der Waals surface area contributed by atoms with Gasteiger partial charge in [0.1, 0.15) is 16.2 Å². The summed E-state index contributed by atoms with van der Waals surface area (Å²) in [7, 11) is 1.35. The van der Waals surface area contributed by atoms with E-state index in [-0.39, 0.29) is 12.6 Å². The third kappa shape index (κ3) is 4.21. The van der Waals surface area contributed by atoms with Crippen LogP contribution in [-0.4, -0.2) is 31.3 Å². The van der Waals surface area contributed by atoms with Crippen molar-refractivity contribution in [2.75, 3.05) is 13.7 Å². The smallest absolute Gasteiger partial charge is 0.348 e. The minimum Gasteiger partial charge on any atom is -0.482 e. The van der Waals surface area contributed by atoms with Crippen LogP contribution in [0.1, 0.15) is 30.4 Å². The molecule has 0 bridgehead atoms. The zero-order valence-electron chi connectivity index (χ0n) is 13.0. The van der Waals surface area contributed by atoms with E-state index < -0.39 is 11.6 Å². The molecule has 0 aliphatic heterocycles. The summed E-state index contributed by atoms with van der Waals surface area (Å²) >= 11 is 1.32. The van der Waals surface area contributed by atoms with E-state index in [1.165, 1.54) is 18.4 Å². The van der Waals surface area contributed by atoms with Crippen LogP contribution in [0.25, 0.3) is 10.1 Å². The van der Waals surface area contributed by atoms with Gasteiger partial charge in [-0.2, -0.15) is 0 Å². The highest BCUT2D eigenvalue weighted by Crippen LogP contribution is 2.29. The van der Waals surface area contributed by atoms with Crippen molar-refractivity contribution < 1.29 is 23.8 Å². The van der Waals surface area contributed by atoms with Crippen molar-refractivity contribution >= 4 is 33.4 Å². The number of rotatable bonds is 4. The Morgan fingerprint density at radius 2 is 1.91 bits per heavy atom. The topological polar surface area (TPSA) is 61.8 Å². The Balaban J connectivity index is 2.06. The highest BCUT2D eigenvalue weighted by molar-refractivity contribution is 7.20. The van der Waals surface area contributed by atoms with Gasteiger partial charge in [0.15, 0.2) is 6.61 Å². The fraction of sp³-hybridized carbons (Fsp3) is 0.375. The molecule has 118 valence electrons. The van der Waals surface area contributed by atoms with E-state index in [2.05, 4.69) is 0 Å². The number of carbonyl (C=O) groups excluding carboxylic acids is 2. The van der Waals surface area contributed by atoms with Crippen molar-refractivity contribution in [1.29, 1.82) is 0 Å². The number of hydrogen-bond donors (Lipinski definition) is 0. The molecule has 1 aromatic heterocycles. The number of thiophene rings is 1. The number of benzene rings is 1. The third-order valence-corrected chi connectivity index (χ3v) is 3.73. The van der Waals surface area contributed by atoms with Crippen molar-refractivity contribution in [2.24, 2.45) is 0 Å². The second-order valence-electron chi connectivity index (χ2n) is 5.68. The summed E-state index contributed by atoms with van der Waals surface area (Å²) < 4.78 is 16.2. The summed E-state index contributed by atoms with van der Waals surface area (Å²) in [4.78, 5) is 23.7. The first-order valence-corrected chi connectivity index (χ1v) is 7.57. The van der Waals surface area contributed by atoms with E-state index in [0.29, 0.717) is 10.6 Å². The zero-order valence-corrected chi connectivity index (χ0v) is 13.8. The summed E-state index contributed by atoms with van der Waals surface area (Å²) in [6, 6.07) is 7.14. The summed E-state index contributed by atoms with van der Waals surface area (Å²) in [5.41, 5.74) is -0.534. The second kappa shape index (κ2) is 6.36. The Labute approximate surface area is 132 Å². The standard InChI is InChI=1S/C16H18O5S/c1-16(2,3)21-14(17)9-20-11-6-5-10-7-13(15(18)19-4)22-12(10)8-11/h5-8H,9H2,1-4H3. The molecule has 0 amide bonds. The maximum atomic E-state index is 11.6. The van der Waals surface area contributed by atoms with E-state index in [9.17, 15) is 9.59 Å². The lowest BCUT2D eigenvalue weighted by Gasteiger charge is -2.19. The van der Waals surface area contributed by atoms with E-state index in [0.717, 1.165) is 10.1 Å². The summed E-state index contributed by atoms with van der Waals surface area (Å²) in [5.74, 6) is -0.233. The van der Waals surface area contributed by atoms with Crippen LogP contribution in [0.2, 0.25) is 0 Å². The molecule has 0 fully saturated rings. The molecule has 0 aliphatic carbocycles. The molecule has 5 nitrogen and oxygen atoms in total. The lowest BCUT2D eigenvalue weighted by atomic mass is 10.2. The second-order valence-corrected chi connectivity index (χ2v) is 6.76. The van der Waals surface area contributed by atoms with Crippen LogP contribution in [-0.2, 0) is 14.3 Å². The van der Waals surface area contributed by atoms with Crippen LogP contribution in [0.3, 0.4) is 0 Å². The summed E-state index contributed by atoms with van der Waals surface area (Å²) in [6.45, 7) is 5.25. The number of methoxy groups -OCH3 is 1. The maximum absolute atomic E-state index is 11.6. The number of carbonyl (C=O) groups is 2. The van der Waals surface area contributed by atoms with Gasteiger partial charge in [-0.1, -0.05) is 0 Å². The molecule has 0 radical (unpaired) electrons. The number of ether oxygens (including phenoxy) is 3. The lowest BCUT2D eigenvalue weighted by Crippen LogP contribution is -2.27. The SMILES string of the molecule is COC(=O)c1cc2ccc(OCC(=O)OC(C)(C)C)cc2s1. The van der Waals surface area contributed by atoms with Crippen molar-refractivity contribution in [3.63, 3.8) is 0 Å². The highest BCUT2D eigenvalue weighted by atomic mass is 32.1. The van der Waals surface area contributed by atoms with Crippen molar-refractivity contribution in [3.05, 3.63) is 29.1 Å². The Bertz CT molecular complexity index is 696. The van der Waals surface area contributed by atoms with Gasteiger partial charge in [-0.05, 0) is 50.4 Å². The molecule has 22 heavy (non-hydrogen) atoms. The van der Waals surface area contributed by atoms with Gasteiger partial charge in [0.05, 0.1) is 7.11 Å². The first-order chi connectivity index (χ1) is 10.3. The van der Waals surface area contributed by atoms with Gasteiger partial charge >= 0.3 is 11.9 Å². The first kappa shape index (κ1) is 16.3. The minimum absolute atomic E-state index is 0.155. The fourth-order valence-electron chi connectivity index (χ4n) is 1.82. The molecule has 2 aromatic rings. The predicted octanol–water partition coefficient (Wildman–Crippen LogP) is 3.41. The highest BCUT2D eigenvalue weighted by Gasteiger charge is 2.17.